The van der Waals surface area contributed by atoms with Gasteiger partial charge in [-0.1, -0.05) is 34.1 Å². The Kier molecular flexibility index (Phi) is 3.29. The molecule has 0 aliphatic heterocycles. The van der Waals surface area contributed by atoms with Crippen molar-refractivity contribution in [2.45, 2.75) is 19.8 Å². The molecule has 84 valence electrons. The third kappa shape index (κ3) is 2.44. The first-order chi connectivity index (χ1) is 7.66. The molecule has 0 aliphatic rings. The number of benzene rings is 1. The van der Waals surface area contributed by atoms with Crippen molar-refractivity contribution in [1.82, 2.24) is 4.98 Å². The predicted molar refractivity (Wildman–Crippen MR) is 67.2 cm³/mol. The second kappa shape index (κ2) is 4.70. The van der Waals surface area contributed by atoms with E-state index < -0.39 is 0 Å². The fourth-order valence-electron chi connectivity index (χ4n) is 1.64. The number of nitrogens with zero attached hydrogens (tertiary/aromatic N) is 1. The minimum Gasteiger partial charge on any atom is -0.429 e. The minimum atomic E-state index is 0.250. The highest BCUT2D eigenvalue weighted by atomic mass is 79.9. The fraction of sp³-hybridized carbons (Fsp3) is 0.250. The first-order valence-electron chi connectivity index (χ1n) is 5.12. The molecule has 0 bridgehead atoms. The van der Waals surface area contributed by atoms with E-state index in [-0.39, 0.29) is 6.01 Å². The van der Waals surface area contributed by atoms with Crippen LogP contribution in [0.5, 0.6) is 0 Å². The van der Waals surface area contributed by atoms with Crippen LogP contribution in [0, 0.1) is 6.92 Å². The van der Waals surface area contributed by atoms with Gasteiger partial charge in [0, 0.05) is 4.47 Å². The van der Waals surface area contributed by atoms with Crippen LogP contribution in [0.3, 0.4) is 0 Å². The molecule has 1 aromatic carbocycles. The summed E-state index contributed by atoms with van der Waals surface area (Å²) in [5, 5.41) is 0. The molecule has 0 saturated carbocycles. The molecule has 0 atom stereocenters. The summed E-state index contributed by atoms with van der Waals surface area (Å²) in [7, 11) is 0. The van der Waals surface area contributed by atoms with Gasteiger partial charge in [0.2, 0.25) is 0 Å². The van der Waals surface area contributed by atoms with Crippen LogP contribution in [0.2, 0.25) is 0 Å². The molecule has 4 heteroatoms. The maximum atomic E-state index is 5.49. The van der Waals surface area contributed by atoms with E-state index in [9.17, 15) is 0 Å². The van der Waals surface area contributed by atoms with E-state index in [0.717, 1.165) is 28.8 Å². The number of hydrogen-bond acceptors (Lipinski definition) is 3. The number of nitrogens with two attached hydrogens (primary N) is 1. The van der Waals surface area contributed by atoms with E-state index in [1.807, 2.05) is 25.1 Å². The Morgan fingerprint density at radius 3 is 2.69 bits per heavy atom. The maximum Gasteiger partial charge on any atom is 0.292 e. The van der Waals surface area contributed by atoms with E-state index in [2.05, 4.69) is 27.0 Å². The molecule has 2 N–H and O–H groups in total. The van der Waals surface area contributed by atoms with Gasteiger partial charge in [-0.25, -0.2) is 0 Å². The van der Waals surface area contributed by atoms with E-state index in [0.29, 0.717) is 0 Å². The van der Waals surface area contributed by atoms with Gasteiger partial charge < -0.3 is 10.2 Å². The van der Waals surface area contributed by atoms with Gasteiger partial charge in [0.25, 0.3) is 6.01 Å². The highest BCUT2D eigenvalue weighted by Crippen LogP contribution is 2.19. The van der Waals surface area contributed by atoms with Crippen molar-refractivity contribution >= 4 is 21.9 Å². The SMILES string of the molecule is Cc1oc(N)nc1CCc1ccccc1Br. The molecule has 1 aromatic heterocycles. The smallest absolute Gasteiger partial charge is 0.292 e. The van der Waals surface area contributed by atoms with Gasteiger partial charge in [0.15, 0.2) is 0 Å². The summed E-state index contributed by atoms with van der Waals surface area (Å²) in [4.78, 5) is 4.15. The van der Waals surface area contributed by atoms with Crippen molar-refractivity contribution in [3.8, 4) is 0 Å². The summed E-state index contributed by atoms with van der Waals surface area (Å²) in [5.74, 6) is 0.810. The molecule has 0 fully saturated rings. The quantitative estimate of drug-likeness (QED) is 0.940. The molecular formula is C12H13BrN2O. The second-order valence-electron chi connectivity index (χ2n) is 3.65. The molecule has 2 aromatic rings. The zero-order chi connectivity index (χ0) is 11.5. The number of nitrogen functional groups attached to an aromatic ring is 1. The molecule has 1 heterocycles. The Morgan fingerprint density at radius 1 is 1.31 bits per heavy atom. The largest absolute Gasteiger partial charge is 0.429 e. The van der Waals surface area contributed by atoms with E-state index in [4.69, 9.17) is 10.2 Å². The highest BCUT2D eigenvalue weighted by Gasteiger charge is 2.07. The van der Waals surface area contributed by atoms with Crippen molar-refractivity contribution in [1.29, 1.82) is 0 Å². The predicted octanol–water partition coefficient (Wildman–Crippen LogP) is 3.11. The van der Waals surface area contributed by atoms with Crippen LogP contribution in [0.1, 0.15) is 17.0 Å². The zero-order valence-corrected chi connectivity index (χ0v) is 10.6. The van der Waals surface area contributed by atoms with Crippen LogP contribution in [0.25, 0.3) is 0 Å². The summed E-state index contributed by atoms with van der Waals surface area (Å²) in [6, 6.07) is 8.43. The molecule has 16 heavy (non-hydrogen) atoms. The summed E-state index contributed by atoms with van der Waals surface area (Å²) in [5.41, 5.74) is 7.70. The van der Waals surface area contributed by atoms with Crippen LogP contribution in [-0.2, 0) is 12.8 Å². The first-order valence-corrected chi connectivity index (χ1v) is 5.91. The number of oxazole rings is 1. The third-order valence-corrected chi connectivity index (χ3v) is 3.27. The Balaban J connectivity index is 2.08. The lowest BCUT2D eigenvalue weighted by molar-refractivity contribution is 0.544. The second-order valence-corrected chi connectivity index (χ2v) is 4.50. The third-order valence-electron chi connectivity index (χ3n) is 2.50. The Hall–Kier alpha value is -1.29. The van der Waals surface area contributed by atoms with Gasteiger partial charge >= 0.3 is 0 Å². The Labute approximate surface area is 103 Å². The van der Waals surface area contributed by atoms with Gasteiger partial charge in [-0.05, 0) is 31.4 Å². The summed E-state index contributed by atoms with van der Waals surface area (Å²) in [6.45, 7) is 1.89. The summed E-state index contributed by atoms with van der Waals surface area (Å²) in [6.07, 6.45) is 1.77. The average molecular weight is 281 g/mol. The number of aryl methyl sites for hydroxylation is 3. The van der Waals surface area contributed by atoms with Crippen LogP contribution in [-0.4, -0.2) is 4.98 Å². The Morgan fingerprint density at radius 2 is 2.06 bits per heavy atom. The monoisotopic (exact) mass is 280 g/mol. The van der Waals surface area contributed by atoms with Crippen LogP contribution in [0.15, 0.2) is 33.2 Å². The Bertz CT molecular complexity index is 494. The van der Waals surface area contributed by atoms with Gasteiger partial charge in [-0.2, -0.15) is 4.98 Å². The molecule has 2 rings (SSSR count). The van der Waals surface area contributed by atoms with Crippen molar-refractivity contribution in [2.24, 2.45) is 0 Å². The standard InChI is InChI=1S/C12H13BrN2O/c1-8-11(15-12(14)16-8)7-6-9-4-2-3-5-10(9)13/h2-5H,6-7H2,1H3,(H2,14,15). The molecule has 0 aliphatic carbocycles. The van der Waals surface area contributed by atoms with Crippen molar-refractivity contribution < 1.29 is 4.42 Å². The molecule has 0 unspecified atom stereocenters. The molecule has 0 amide bonds. The van der Waals surface area contributed by atoms with Crippen molar-refractivity contribution in [3.63, 3.8) is 0 Å². The van der Waals surface area contributed by atoms with Gasteiger partial charge in [-0.3, -0.25) is 0 Å². The van der Waals surface area contributed by atoms with Crippen LogP contribution in [0.4, 0.5) is 6.01 Å². The maximum absolute atomic E-state index is 5.49. The van der Waals surface area contributed by atoms with Crippen LogP contribution < -0.4 is 5.73 Å². The lowest BCUT2D eigenvalue weighted by atomic mass is 10.1. The number of anilines is 1. The molecule has 3 nitrogen and oxygen atoms in total. The fourth-order valence-corrected chi connectivity index (χ4v) is 2.12. The highest BCUT2D eigenvalue weighted by molar-refractivity contribution is 9.10. The summed E-state index contributed by atoms with van der Waals surface area (Å²) < 4.78 is 6.32. The van der Waals surface area contributed by atoms with Gasteiger partial charge in [0.05, 0.1) is 5.69 Å². The topological polar surface area (TPSA) is 52.0 Å². The number of rotatable bonds is 3. The zero-order valence-electron chi connectivity index (χ0n) is 9.03. The lowest BCUT2D eigenvalue weighted by Gasteiger charge is -2.02. The molecule has 0 spiro atoms. The van der Waals surface area contributed by atoms with E-state index >= 15 is 0 Å². The molecule has 0 saturated heterocycles. The van der Waals surface area contributed by atoms with Crippen LogP contribution >= 0.6 is 15.9 Å². The number of aromatic nitrogens is 1. The summed E-state index contributed by atoms with van der Waals surface area (Å²) >= 11 is 3.53. The average Bonchev–Trinajstić information content (AvgIpc) is 2.56. The minimum absolute atomic E-state index is 0.250. The van der Waals surface area contributed by atoms with Gasteiger partial charge in [0.1, 0.15) is 5.76 Å². The van der Waals surface area contributed by atoms with E-state index in [1.54, 1.807) is 0 Å². The molecule has 0 radical (unpaired) electrons. The van der Waals surface area contributed by atoms with Crippen molar-refractivity contribution in [3.05, 3.63) is 45.8 Å². The lowest BCUT2D eigenvalue weighted by Crippen LogP contribution is -1.95. The van der Waals surface area contributed by atoms with Crippen molar-refractivity contribution in [2.75, 3.05) is 5.73 Å². The normalized spacial score (nSPS) is 10.6. The number of halogens is 1. The number of hydrogen-bond donors (Lipinski definition) is 1. The first kappa shape index (κ1) is 11.2. The molecular weight excluding hydrogens is 268 g/mol. The van der Waals surface area contributed by atoms with E-state index in [1.165, 1.54) is 5.56 Å². The van der Waals surface area contributed by atoms with Gasteiger partial charge in [-0.15, -0.1) is 0 Å².